The summed E-state index contributed by atoms with van der Waals surface area (Å²) in [6.07, 6.45) is 1.09. The van der Waals surface area contributed by atoms with E-state index in [4.69, 9.17) is 0 Å². The van der Waals surface area contributed by atoms with Crippen molar-refractivity contribution in [1.29, 1.82) is 0 Å². The molecule has 0 aliphatic rings. The molecule has 0 fully saturated rings. The van der Waals surface area contributed by atoms with E-state index in [0.29, 0.717) is 5.25 Å². The summed E-state index contributed by atoms with van der Waals surface area (Å²) in [6, 6.07) is 0. The molecule has 2 atom stereocenters. The van der Waals surface area contributed by atoms with E-state index in [2.05, 4.69) is 28.8 Å². The van der Waals surface area contributed by atoms with Crippen molar-refractivity contribution < 1.29 is 0 Å². The molecule has 0 bridgehead atoms. The maximum Gasteiger partial charge on any atom is 0.00229 e. The third-order valence-corrected chi connectivity index (χ3v) is 1.66. The van der Waals surface area contributed by atoms with Gasteiger partial charge in [-0.3, -0.25) is 0 Å². The van der Waals surface area contributed by atoms with Crippen LogP contribution < -0.4 is 0 Å². The molecule has 0 aromatic carbocycles. The van der Waals surface area contributed by atoms with Gasteiger partial charge in [0.05, 0.1) is 0 Å². The van der Waals surface area contributed by atoms with Crippen molar-refractivity contribution in [1.82, 2.24) is 0 Å². The van der Waals surface area contributed by atoms with E-state index in [0.717, 1.165) is 6.16 Å². The lowest BCUT2D eigenvalue weighted by Crippen LogP contribution is -1.87. The van der Waals surface area contributed by atoms with Crippen molar-refractivity contribution in [3.63, 3.8) is 0 Å². The Morgan fingerprint density at radius 3 is 2.20 bits per heavy atom. The number of hydrogen-bond acceptors (Lipinski definition) is 1. The van der Waals surface area contributed by atoms with Crippen LogP contribution >= 0.6 is 21.9 Å². The van der Waals surface area contributed by atoms with Gasteiger partial charge < -0.3 is 0 Å². The summed E-state index contributed by atoms with van der Waals surface area (Å²) in [6.45, 7) is 2.07. The smallest absolute Gasteiger partial charge is 0.00229 e. The average molecular weight is 108 g/mol. The topological polar surface area (TPSA) is 0 Å². The molecule has 0 rings (SSSR count). The van der Waals surface area contributed by atoms with Gasteiger partial charge in [-0.1, -0.05) is 6.92 Å². The number of hydrogen-bond donors (Lipinski definition) is 1. The third kappa shape index (κ3) is 4.78. The Kier molecular flexibility index (Phi) is 3.46. The lowest BCUT2D eigenvalue weighted by molar-refractivity contribution is 1.14. The summed E-state index contributed by atoms with van der Waals surface area (Å²) in [7, 11) is 2.62. The van der Waals surface area contributed by atoms with Crippen LogP contribution in [0.1, 0.15) is 6.92 Å². The molecule has 0 N–H and O–H groups in total. The van der Waals surface area contributed by atoms with Crippen LogP contribution in [-0.2, 0) is 0 Å². The lowest BCUT2D eigenvalue weighted by atomic mass is 10.6. The minimum atomic E-state index is 0.542. The molecule has 5 heavy (non-hydrogen) atoms. The molecule has 32 valence electrons. The van der Waals surface area contributed by atoms with Crippen molar-refractivity contribution in [2.24, 2.45) is 0 Å². The van der Waals surface area contributed by atoms with Crippen LogP contribution in [0.25, 0.3) is 0 Å². The Balaban J connectivity index is 2.54. The summed E-state index contributed by atoms with van der Waals surface area (Å²) in [5, 5.41) is 0.542. The highest BCUT2D eigenvalue weighted by molar-refractivity contribution is 7.81. The SMILES string of the molecule is CC(S)CP. The van der Waals surface area contributed by atoms with Crippen LogP contribution in [0.5, 0.6) is 0 Å². The largest absolute Gasteiger partial charge is 0.176 e. The second kappa shape index (κ2) is 2.99. The highest BCUT2D eigenvalue weighted by Gasteiger charge is 1.81. The van der Waals surface area contributed by atoms with Crippen molar-refractivity contribution in [2.75, 3.05) is 6.16 Å². The van der Waals surface area contributed by atoms with Gasteiger partial charge in [-0.25, -0.2) is 0 Å². The average Bonchev–Trinajstić information content (AvgIpc) is 1.38. The van der Waals surface area contributed by atoms with E-state index in [1.54, 1.807) is 0 Å². The van der Waals surface area contributed by atoms with Gasteiger partial charge in [0, 0.05) is 5.25 Å². The van der Waals surface area contributed by atoms with Gasteiger partial charge in [-0.15, -0.1) is 9.24 Å². The fourth-order valence-electron chi connectivity index (χ4n) is 0. The maximum atomic E-state index is 4.08. The fraction of sp³-hybridized carbons (Fsp3) is 1.00. The van der Waals surface area contributed by atoms with Crippen LogP contribution in [0.4, 0.5) is 0 Å². The summed E-state index contributed by atoms with van der Waals surface area (Å²) in [5.74, 6) is 0. The molecule has 0 amide bonds. The van der Waals surface area contributed by atoms with Gasteiger partial charge in [0.15, 0.2) is 0 Å². The molecule has 0 aliphatic heterocycles. The molecule has 0 aromatic heterocycles. The number of thiol groups is 1. The second-order valence-corrected chi connectivity index (χ2v) is 2.44. The molecule has 0 heterocycles. The van der Waals surface area contributed by atoms with Gasteiger partial charge in [-0.05, 0) is 6.16 Å². The van der Waals surface area contributed by atoms with Crippen molar-refractivity contribution in [3.8, 4) is 0 Å². The second-order valence-electron chi connectivity index (χ2n) is 1.08. The van der Waals surface area contributed by atoms with Gasteiger partial charge in [0.25, 0.3) is 0 Å². The first-order valence-electron chi connectivity index (χ1n) is 1.65. The minimum Gasteiger partial charge on any atom is -0.176 e. The van der Waals surface area contributed by atoms with Crippen molar-refractivity contribution >= 4 is 21.9 Å². The van der Waals surface area contributed by atoms with E-state index < -0.39 is 0 Å². The van der Waals surface area contributed by atoms with Crippen LogP contribution in [0, 0.1) is 0 Å². The zero-order chi connectivity index (χ0) is 4.28. The molecular formula is C3H9PS. The van der Waals surface area contributed by atoms with Crippen LogP contribution in [0.2, 0.25) is 0 Å². The van der Waals surface area contributed by atoms with E-state index >= 15 is 0 Å². The van der Waals surface area contributed by atoms with Crippen LogP contribution in [0.15, 0.2) is 0 Å². The standard InChI is InChI=1S/C3H9PS/c1-3(5)2-4/h3,5H,2,4H2,1H3. The summed E-state index contributed by atoms with van der Waals surface area (Å²) in [5.41, 5.74) is 0. The zero-order valence-electron chi connectivity index (χ0n) is 3.31. The van der Waals surface area contributed by atoms with Crippen LogP contribution in [-0.4, -0.2) is 11.4 Å². The fourth-order valence-corrected chi connectivity index (χ4v) is 0. The van der Waals surface area contributed by atoms with Gasteiger partial charge in [-0.2, -0.15) is 12.6 Å². The predicted octanol–water partition coefficient (Wildman–Crippen LogP) is 1.18. The summed E-state index contributed by atoms with van der Waals surface area (Å²) in [4.78, 5) is 0. The maximum absolute atomic E-state index is 4.08. The van der Waals surface area contributed by atoms with E-state index in [9.17, 15) is 0 Å². The first kappa shape index (κ1) is 5.78. The third-order valence-electron chi connectivity index (χ3n) is 0.341. The Bertz CT molecular complexity index is 20.9. The van der Waals surface area contributed by atoms with Gasteiger partial charge >= 0.3 is 0 Å². The Morgan fingerprint density at radius 2 is 2.20 bits per heavy atom. The Morgan fingerprint density at radius 1 is 2.00 bits per heavy atom. The number of rotatable bonds is 1. The molecule has 0 saturated heterocycles. The first-order chi connectivity index (χ1) is 2.27. The minimum absolute atomic E-state index is 0.542. The first-order valence-corrected chi connectivity index (χ1v) is 2.98. The molecule has 2 unspecified atom stereocenters. The van der Waals surface area contributed by atoms with E-state index in [1.807, 2.05) is 0 Å². The van der Waals surface area contributed by atoms with Gasteiger partial charge in [0.2, 0.25) is 0 Å². The molecule has 0 spiro atoms. The zero-order valence-corrected chi connectivity index (χ0v) is 5.36. The summed E-state index contributed by atoms with van der Waals surface area (Å²) >= 11 is 4.08. The normalized spacial score (nSPS) is 15.0. The highest BCUT2D eigenvalue weighted by atomic mass is 32.1. The van der Waals surface area contributed by atoms with E-state index in [1.165, 1.54) is 0 Å². The Labute approximate surface area is 41.0 Å². The van der Waals surface area contributed by atoms with E-state index in [-0.39, 0.29) is 0 Å². The highest BCUT2D eigenvalue weighted by Crippen LogP contribution is 1.94. The molecule has 0 aliphatic carbocycles. The summed E-state index contributed by atoms with van der Waals surface area (Å²) < 4.78 is 0. The van der Waals surface area contributed by atoms with Gasteiger partial charge in [0.1, 0.15) is 0 Å². The monoisotopic (exact) mass is 108 g/mol. The molecule has 0 radical (unpaired) electrons. The quantitative estimate of drug-likeness (QED) is 0.378. The molecule has 0 saturated carbocycles. The molecule has 0 nitrogen and oxygen atoms in total. The van der Waals surface area contributed by atoms with Crippen molar-refractivity contribution in [2.45, 2.75) is 12.2 Å². The van der Waals surface area contributed by atoms with Crippen molar-refractivity contribution in [3.05, 3.63) is 0 Å². The Hall–Kier alpha value is 0.780. The molecular weight excluding hydrogens is 99.1 g/mol. The molecule has 0 aromatic rings. The molecule has 2 heteroatoms. The van der Waals surface area contributed by atoms with Crippen LogP contribution in [0.3, 0.4) is 0 Å². The predicted molar refractivity (Wildman–Crippen MR) is 33.0 cm³/mol. The lowest BCUT2D eigenvalue weighted by Gasteiger charge is -1.89.